The molecule has 0 radical (unpaired) electrons. The van der Waals surface area contributed by atoms with Crippen molar-refractivity contribution in [1.29, 1.82) is 0 Å². The molecule has 0 aromatic carbocycles. The Kier molecular flexibility index (Phi) is 4.01. The first-order valence-corrected chi connectivity index (χ1v) is 5.14. The maximum absolute atomic E-state index is 11.9. The number of carbonyl (C=O) groups is 2. The van der Waals surface area contributed by atoms with E-state index in [0.29, 0.717) is 0 Å². The van der Waals surface area contributed by atoms with Crippen LogP contribution < -0.4 is 0 Å². The summed E-state index contributed by atoms with van der Waals surface area (Å²) in [6.45, 7) is 0. The highest BCUT2D eigenvalue weighted by molar-refractivity contribution is 9.12. The molecule has 0 bridgehead atoms. The fourth-order valence-electron chi connectivity index (χ4n) is 1.42. The van der Waals surface area contributed by atoms with Gasteiger partial charge < -0.3 is 14.2 Å². The highest BCUT2D eigenvalue weighted by Gasteiger charge is 2.49. The third-order valence-electron chi connectivity index (χ3n) is 2.25. The zero-order valence-electron chi connectivity index (χ0n) is 9.07. The molecule has 0 aromatic heterocycles. The second-order valence-corrected chi connectivity index (χ2v) is 3.79. The molecule has 0 aromatic rings. The second kappa shape index (κ2) is 4.90. The summed E-state index contributed by atoms with van der Waals surface area (Å²) >= 11 is 3.06. The lowest BCUT2D eigenvalue weighted by Gasteiger charge is -2.31. The summed E-state index contributed by atoms with van der Waals surface area (Å²) in [5, 5.41) is 0. The lowest BCUT2D eigenvalue weighted by Crippen LogP contribution is -2.48. The average Bonchev–Trinajstić information content (AvgIpc) is 2.32. The minimum Gasteiger partial charge on any atom is -0.465 e. The molecule has 0 saturated heterocycles. The minimum absolute atomic E-state index is 0.00759. The highest BCUT2D eigenvalue weighted by Crippen LogP contribution is 2.33. The van der Waals surface area contributed by atoms with Crippen molar-refractivity contribution >= 4 is 27.7 Å². The van der Waals surface area contributed by atoms with Gasteiger partial charge >= 0.3 is 5.97 Å². The molecule has 1 aliphatic carbocycles. The van der Waals surface area contributed by atoms with Crippen LogP contribution in [0.5, 0.6) is 0 Å². The molecular formula is C10H11BrO5. The van der Waals surface area contributed by atoms with E-state index in [1.807, 2.05) is 0 Å². The molecule has 0 fully saturated rings. The van der Waals surface area contributed by atoms with Gasteiger partial charge in [-0.1, -0.05) is 0 Å². The first kappa shape index (κ1) is 13.1. The maximum atomic E-state index is 11.9. The fourth-order valence-corrected chi connectivity index (χ4v) is 1.82. The zero-order valence-corrected chi connectivity index (χ0v) is 10.7. The van der Waals surface area contributed by atoms with Crippen LogP contribution in [0, 0.1) is 0 Å². The molecule has 0 aliphatic heterocycles. The molecule has 0 spiro atoms. The molecule has 1 rings (SSSR count). The molecule has 0 N–H and O–H groups in total. The predicted octanol–water partition coefficient (Wildman–Crippen LogP) is 0.936. The Bertz CT molecular complexity index is 379. The number of hydrogen-bond acceptors (Lipinski definition) is 5. The normalized spacial score (nSPS) is 18.9. The molecule has 0 atom stereocenters. The van der Waals surface area contributed by atoms with E-state index in [-0.39, 0.29) is 10.1 Å². The van der Waals surface area contributed by atoms with Crippen LogP contribution in [0.4, 0.5) is 0 Å². The molecule has 88 valence electrons. The molecular weight excluding hydrogens is 280 g/mol. The Morgan fingerprint density at radius 3 is 2.25 bits per heavy atom. The Morgan fingerprint density at radius 1 is 1.25 bits per heavy atom. The summed E-state index contributed by atoms with van der Waals surface area (Å²) in [4.78, 5) is 23.4. The van der Waals surface area contributed by atoms with Gasteiger partial charge in [-0.05, 0) is 28.1 Å². The van der Waals surface area contributed by atoms with Gasteiger partial charge in [-0.25, -0.2) is 4.79 Å². The lowest BCUT2D eigenvalue weighted by atomic mass is 9.96. The van der Waals surface area contributed by atoms with Gasteiger partial charge in [0.25, 0.3) is 5.79 Å². The molecule has 1 aliphatic rings. The molecule has 0 saturated carbocycles. The Balaban J connectivity index is 3.31. The fraction of sp³-hybridized carbons (Fsp3) is 0.400. The number of hydrogen-bond donors (Lipinski definition) is 0. The summed E-state index contributed by atoms with van der Waals surface area (Å²) in [7, 11) is 3.78. The number of rotatable bonds is 3. The van der Waals surface area contributed by atoms with Crippen molar-refractivity contribution in [3.63, 3.8) is 0 Å². The van der Waals surface area contributed by atoms with Crippen LogP contribution in [-0.4, -0.2) is 38.9 Å². The van der Waals surface area contributed by atoms with E-state index < -0.39 is 17.5 Å². The van der Waals surface area contributed by atoms with Gasteiger partial charge in [0.15, 0.2) is 0 Å². The van der Waals surface area contributed by atoms with Gasteiger partial charge in [0, 0.05) is 14.2 Å². The van der Waals surface area contributed by atoms with Gasteiger partial charge in [-0.15, -0.1) is 0 Å². The topological polar surface area (TPSA) is 61.8 Å². The summed E-state index contributed by atoms with van der Waals surface area (Å²) in [5.41, 5.74) is 0.00759. The number of allylic oxidation sites excluding steroid dienone is 2. The van der Waals surface area contributed by atoms with E-state index in [4.69, 9.17) is 9.47 Å². The largest absolute Gasteiger partial charge is 0.465 e. The van der Waals surface area contributed by atoms with Crippen molar-refractivity contribution in [1.82, 2.24) is 0 Å². The van der Waals surface area contributed by atoms with Crippen molar-refractivity contribution < 1.29 is 23.8 Å². The highest BCUT2D eigenvalue weighted by atomic mass is 79.9. The van der Waals surface area contributed by atoms with Gasteiger partial charge in [-0.3, -0.25) is 4.79 Å². The monoisotopic (exact) mass is 290 g/mol. The predicted molar refractivity (Wildman–Crippen MR) is 58.9 cm³/mol. The quantitative estimate of drug-likeness (QED) is 0.572. The van der Waals surface area contributed by atoms with E-state index in [1.165, 1.54) is 33.5 Å². The summed E-state index contributed by atoms with van der Waals surface area (Å²) in [6, 6.07) is 0. The zero-order chi connectivity index (χ0) is 12.3. The summed E-state index contributed by atoms with van der Waals surface area (Å²) < 4.78 is 14.9. The van der Waals surface area contributed by atoms with Gasteiger partial charge in [-0.2, -0.15) is 0 Å². The van der Waals surface area contributed by atoms with E-state index in [9.17, 15) is 9.59 Å². The number of carbonyl (C=O) groups excluding carboxylic acids is 2. The van der Waals surface area contributed by atoms with Crippen LogP contribution in [0.3, 0.4) is 0 Å². The maximum Gasteiger partial charge on any atom is 0.339 e. The number of esters is 1. The Morgan fingerprint density at radius 2 is 1.81 bits per heavy atom. The first-order chi connectivity index (χ1) is 7.53. The van der Waals surface area contributed by atoms with E-state index in [0.717, 1.165) is 0 Å². The van der Waals surface area contributed by atoms with E-state index in [2.05, 4.69) is 20.7 Å². The van der Waals surface area contributed by atoms with Crippen molar-refractivity contribution in [2.24, 2.45) is 0 Å². The molecule has 0 unspecified atom stereocenters. The average molecular weight is 291 g/mol. The summed E-state index contributed by atoms with van der Waals surface area (Å²) in [5.74, 6) is -2.89. The van der Waals surface area contributed by atoms with Gasteiger partial charge in [0.1, 0.15) is 5.57 Å². The van der Waals surface area contributed by atoms with Gasteiger partial charge in [0.2, 0.25) is 5.78 Å². The second-order valence-electron chi connectivity index (χ2n) is 2.94. The van der Waals surface area contributed by atoms with Crippen LogP contribution in [-0.2, 0) is 23.8 Å². The molecule has 16 heavy (non-hydrogen) atoms. The van der Waals surface area contributed by atoms with Crippen molar-refractivity contribution in [3.8, 4) is 0 Å². The van der Waals surface area contributed by atoms with Crippen LogP contribution >= 0.6 is 15.9 Å². The van der Waals surface area contributed by atoms with E-state index in [1.54, 1.807) is 0 Å². The Hall–Kier alpha value is -0.980. The molecule has 6 heteroatoms. The molecule has 0 heterocycles. The first-order valence-electron chi connectivity index (χ1n) is 4.35. The number of Topliss-reactive ketones (excluding diaryl/α,β-unsaturated/α-hetero) is 1. The minimum atomic E-state index is -1.74. The van der Waals surface area contributed by atoms with Crippen molar-refractivity contribution in [3.05, 3.63) is 22.2 Å². The standard InChI is InChI=1S/C10H11BrO5/c1-14-9(13)6-4-5-7(11)8(12)10(6,15-2)16-3/h4-5H,1-3H3. The number of methoxy groups -OCH3 is 3. The number of ether oxygens (including phenoxy) is 3. The van der Waals surface area contributed by atoms with Crippen molar-refractivity contribution in [2.75, 3.05) is 21.3 Å². The smallest absolute Gasteiger partial charge is 0.339 e. The Labute approximate surface area is 101 Å². The molecule has 5 nitrogen and oxygen atoms in total. The van der Waals surface area contributed by atoms with Crippen LogP contribution in [0.25, 0.3) is 0 Å². The molecule has 0 amide bonds. The van der Waals surface area contributed by atoms with Crippen molar-refractivity contribution in [2.45, 2.75) is 5.79 Å². The van der Waals surface area contributed by atoms with Crippen LogP contribution in [0.15, 0.2) is 22.2 Å². The van der Waals surface area contributed by atoms with Crippen LogP contribution in [0.1, 0.15) is 0 Å². The lowest BCUT2D eigenvalue weighted by molar-refractivity contribution is -0.191. The van der Waals surface area contributed by atoms with E-state index >= 15 is 0 Å². The van der Waals surface area contributed by atoms with Gasteiger partial charge in [0.05, 0.1) is 11.6 Å². The summed E-state index contributed by atoms with van der Waals surface area (Å²) in [6.07, 6.45) is 2.87. The number of ketones is 1. The number of halogens is 1. The third kappa shape index (κ3) is 1.83. The van der Waals surface area contributed by atoms with Crippen LogP contribution in [0.2, 0.25) is 0 Å². The SMILES string of the molecule is COC(=O)C1=CC=C(Br)C(=O)C1(OC)OC. The third-order valence-corrected chi connectivity index (χ3v) is 2.87.